The van der Waals surface area contributed by atoms with E-state index in [0.717, 1.165) is 44.9 Å². The zero-order valence-electron chi connectivity index (χ0n) is 38.8. The van der Waals surface area contributed by atoms with Gasteiger partial charge in [-0.1, -0.05) is 159 Å². The summed E-state index contributed by atoms with van der Waals surface area (Å²) in [6.07, 6.45) is 23.3. The molecule has 12 atom stereocenters. The molecule has 0 aromatic rings. The molecule has 0 spiro atoms. The van der Waals surface area contributed by atoms with Crippen molar-refractivity contribution in [1.82, 2.24) is 5.32 Å². The van der Waals surface area contributed by atoms with E-state index >= 15 is 0 Å². The number of unbranched alkanes of at least 4 members (excludes halogenated alkanes) is 20. The van der Waals surface area contributed by atoms with E-state index in [9.17, 15) is 45.6 Å². The Morgan fingerprint density at radius 1 is 0.556 bits per heavy atom. The van der Waals surface area contributed by atoms with Crippen molar-refractivity contribution >= 4 is 5.91 Å². The Balaban J connectivity index is 1.88. The first-order chi connectivity index (χ1) is 30.6. The third-order valence-electron chi connectivity index (χ3n) is 12.1. The highest BCUT2D eigenvalue weighted by Gasteiger charge is 2.51. The van der Waals surface area contributed by atoms with Gasteiger partial charge in [-0.05, 0) is 44.9 Å². The summed E-state index contributed by atoms with van der Waals surface area (Å²) in [6.45, 7) is 2.72. The van der Waals surface area contributed by atoms with Gasteiger partial charge in [-0.3, -0.25) is 4.79 Å². The minimum Gasteiger partial charge on any atom is -0.394 e. The maximum Gasteiger partial charge on any atom is 0.220 e. The second-order valence-electron chi connectivity index (χ2n) is 17.6. The van der Waals surface area contributed by atoms with Gasteiger partial charge in [-0.2, -0.15) is 0 Å². The van der Waals surface area contributed by atoms with Gasteiger partial charge in [0.2, 0.25) is 5.91 Å². The molecule has 0 radical (unpaired) electrons. The standard InChI is InChI=1S/C49H89NO13/c1-3-5-7-9-11-13-15-17-18-19-21-23-25-27-29-31-33-41(54)50-37(38(53)32-30-28-26-24-22-20-16-14-12-10-8-6-4-2)36-60-48-46(59)44(57)47(40(35-52)62-48)63-49-45(58)43(56)42(55)39(34-51)61-49/h12,14,22,24,30,32,37-40,42-49,51-53,55-59H,3-11,13,15-21,23,25-29,31,33-36H2,1-2H3,(H,50,54)/b14-12+,24-22+,32-30+. The van der Waals surface area contributed by atoms with Gasteiger partial charge in [0, 0.05) is 6.42 Å². The monoisotopic (exact) mass is 900 g/mol. The van der Waals surface area contributed by atoms with Crippen molar-refractivity contribution in [2.45, 2.75) is 248 Å². The lowest BCUT2D eigenvalue weighted by Gasteiger charge is -2.46. The molecule has 2 heterocycles. The zero-order valence-corrected chi connectivity index (χ0v) is 38.8. The molecule has 368 valence electrons. The lowest BCUT2D eigenvalue weighted by Crippen LogP contribution is -2.65. The van der Waals surface area contributed by atoms with Gasteiger partial charge in [0.05, 0.1) is 32.0 Å². The summed E-state index contributed by atoms with van der Waals surface area (Å²) in [7, 11) is 0. The summed E-state index contributed by atoms with van der Waals surface area (Å²) in [5, 5.41) is 86.6. The minimum atomic E-state index is -1.79. The predicted octanol–water partition coefficient (Wildman–Crippen LogP) is 5.93. The number of carbonyl (C=O) groups is 1. The van der Waals surface area contributed by atoms with Crippen molar-refractivity contribution in [3.63, 3.8) is 0 Å². The summed E-state index contributed by atoms with van der Waals surface area (Å²) in [6, 6.07) is -0.932. The van der Waals surface area contributed by atoms with E-state index in [1.165, 1.54) is 96.3 Å². The predicted molar refractivity (Wildman–Crippen MR) is 244 cm³/mol. The Hall–Kier alpha value is -1.79. The van der Waals surface area contributed by atoms with E-state index in [4.69, 9.17) is 18.9 Å². The summed E-state index contributed by atoms with van der Waals surface area (Å²) in [5.74, 6) is -0.255. The fraction of sp³-hybridized carbons (Fsp3) is 0.857. The normalized spacial score (nSPS) is 27.8. The van der Waals surface area contributed by atoms with Gasteiger partial charge in [-0.15, -0.1) is 0 Å². The quantitative estimate of drug-likeness (QED) is 0.0261. The highest BCUT2D eigenvalue weighted by atomic mass is 16.7. The van der Waals surface area contributed by atoms with E-state index in [-0.39, 0.29) is 18.9 Å². The number of aliphatic hydroxyl groups excluding tert-OH is 8. The molecule has 2 fully saturated rings. The maximum atomic E-state index is 13.1. The summed E-state index contributed by atoms with van der Waals surface area (Å²) in [4.78, 5) is 13.1. The molecule has 0 aliphatic carbocycles. The Morgan fingerprint density at radius 2 is 1.02 bits per heavy atom. The molecule has 2 saturated heterocycles. The van der Waals surface area contributed by atoms with Crippen LogP contribution in [0.4, 0.5) is 0 Å². The van der Waals surface area contributed by atoms with Gasteiger partial charge in [-0.25, -0.2) is 0 Å². The number of aliphatic hydroxyl groups is 8. The largest absolute Gasteiger partial charge is 0.394 e. The molecular formula is C49H89NO13. The number of carbonyl (C=O) groups excluding carboxylic acids is 1. The summed E-state index contributed by atoms with van der Waals surface area (Å²) >= 11 is 0. The number of rotatable bonds is 37. The maximum absolute atomic E-state index is 13.1. The number of allylic oxidation sites excluding steroid dienone is 5. The average molecular weight is 900 g/mol. The van der Waals surface area contributed by atoms with Crippen LogP contribution in [0.3, 0.4) is 0 Å². The van der Waals surface area contributed by atoms with E-state index in [1.54, 1.807) is 6.08 Å². The molecule has 9 N–H and O–H groups in total. The lowest BCUT2D eigenvalue weighted by molar-refractivity contribution is -0.359. The van der Waals surface area contributed by atoms with Crippen molar-refractivity contribution in [2.75, 3.05) is 19.8 Å². The van der Waals surface area contributed by atoms with Crippen molar-refractivity contribution in [1.29, 1.82) is 0 Å². The van der Waals surface area contributed by atoms with Crippen LogP contribution < -0.4 is 5.32 Å². The van der Waals surface area contributed by atoms with Crippen molar-refractivity contribution in [2.24, 2.45) is 0 Å². The van der Waals surface area contributed by atoms with Gasteiger partial charge in [0.1, 0.15) is 48.8 Å². The van der Waals surface area contributed by atoms with Crippen LogP contribution in [-0.4, -0.2) is 140 Å². The first-order valence-electron chi connectivity index (χ1n) is 24.7. The van der Waals surface area contributed by atoms with Crippen molar-refractivity contribution < 1.29 is 64.6 Å². The molecular weight excluding hydrogens is 811 g/mol. The molecule has 12 unspecified atom stereocenters. The van der Waals surface area contributed by atoms with Gasteiger partial charge < -0.3 is 65.1 Å². The molecule has 2 rings (SSSR count). The molecule has 0 aromatic carbocycles. The number of ether oxygens (including phenoxy) is 4. The van der Waals surface area contributed by atoms with E-state index in [1.807, 2.05) is 6.08 Å². The Morgan fingerprint density at radius 3 is 1.56 bits per heavy atom. The van der Waals surface area contributed by atoms with Crippen LogP contribution >= 0.6 is 0 Å². The van der Waals surface area contributed by atoms with Crippen LogP contribution in [0.15, 0.2) is 36.5 Å². The number of hydrogen-bond donors (Lipinski definition) is 9. The van der Waals surface area contributed by atoms with Crippen LogP contribution in [-0.2, 0) is 23.7 Å². The van der Waals surface area contributed by atoms with Crippen LogP contribution in [0.1, 0.15) is 174 Å². The molecule has 0 aromatic heterocycles. The topological polar surface area (TPSA) is 228 Å². The Bertz CT molecular complexity index is 1200. The number of nitrogens with one attached hydrogen (secondary N) is 1. The molecule has 63 heavy (non-hydrogen) atoms. The first kappa shape index (κ1) is 57.3. The summed E-state index contributed by atoms with van der Waals surface area (Å²) < 4.78 is 22.6. The van der Waals surface area contributed by atoms with Crippen LogP contribution in [0, 0.1) is 0 Å². The Labute approximate surface area is 379 Å². The van der Waals surface area contributed by atoms with Crippen LogP contribution in [0.2, 0.25) is 0 Å². The van der Waals surface area contributed by atoms with Gasteiger partial charge in [0.15, 0.2) is 12.6 Å². The minimum absolute atomic E-state index is 0.255. The second-order valence-corrected chi connectivity index (χ2v) is 17.6. The molecule has 2 aliphatic rings. The first-order valence-corrected chi connectivity index (χ1v) is 24.7. The molecule has 14 nitrogen and oxygen atoms in total. The summed E-state index contributed by atoms with van der Waals surface area (Å²) in [5.41, 5.74) is 0. The van der Waals surface area contributed by atoms with Gasteiger partial charge in [0.25, 0.3) is 0 Å². The van der Waals surface area contributed by atoms with E-state index in [0.29, 0.717) is 12.8 Å². The van der Waals surface area contributed by atoms with Crippen molar-refractivity contribution in [3.05, 3.63) is 36.5 Å². The molecule has 2 aliphatic heterocycles. The van der Waals surface area contributed by atoms with Gasteiger partial charge >= 0.3 is 0 Å². The smallest absolute Gasteiger partial charge is 0.220 e. The molecule has 14 heteroatoms. The lowest BCUT2D eigenvalue weighted by atomic mass is 9.97. The third kappa shape index (κ3) is 24.0. The second kappa shape index (κ2) is 36.3. The highest BCUT2D eigenvalue weighted by Crippen LogP contribution is 2.30. The fourth-order valence-electron chi connectivity index (χ4n) is 7.97. The van der Waals surface area contributed by atoms with E-state index < -0.39 is 86.8 Å². The highest BCUT2D eigenvalue weighted by molar-refractivity contribution is 5.76. The molecule has 1 amide bonds. The van der Waals surface area contributed by atoms with Crippen LogP contribution in [0.5, 0.6) is 0 Å². The fourth-order valence-corrected chi connectivity index (χ4v) is 7.97. The zero-order chi connectivity index (χ0) is 46.1. The molecule has 0 saturated carbocycles. The number of hydrogen-bond acceptors (Lipinski definition) is 13. The van der Waals surface area contributed by atoms with Crippen molar-refractivity contribution in [3.8, 4) is 0 Å². The Kier molecular flexibility index (Phi) is 33.1. The van der Waals surface area contributed by atoms with Crippen LogP contribution in [0.25, 0.3) is 0 Å². The molecule has 0 bridgehead atoms. The number of amides is 1. The SMILES string of the molecule is CCCCC/C=C/CC/C=C/CC/C=C/C(O)C(COC1OC(CO)C(OC2OC(CO)C(O)C(O)C2O)C(O)C1O)NC(=O)CCCCCCCCCCCCCCCCCC. The van der Waals surface area contributed by atoms with E-state index in [2.05, 4.69) is 43.5 Å². The average Bonchev–Trinajstić information content (AvgIpc) is 3.28. The third-order valence-corrected chi connectivity index (χ3v) is 12.1.